The summed E-state index contributed by atoms with van der Waals surface area (Å²) in [6, 6.07) is 6.64. The summed E-state index contributed by atoms with van der Waals surface area (Å²) >= 11 is 0. The van der Waals surface area contributed by atoms with Gasteiger partial charge in [-0.2, -0.15) is 0 Å². The molecule has 78 valence electrons. The van der Waals surface area contributed by atoms with Crippen molar-refractivity contribution in [2.75, 3.05) is 6.54 Å². The molecule has 2 N–H and O–H groups in total. The number of rotatable bonds is 4. The Labute approximate surface area is 87.3 Å². The van der Waals surface area contributed by atoms with E-state index < -0.39 is 0 Å². The standard InChI is InChI=1S/C13H21N/c1-4-5-12(9-14)13-8-10(2)6-7-11(13)3/h6-8,12H,4-5,9,14H2,1-3H3. The highest BCUT2D eigenvalue weighted by molar-refractivity contribution is 5.33. The lowest BCUT2D eigenvalue weighted by atomic mass is 9.90. The van der Waals surface area contributed by atoms with Crippen LogP contribution in [-0.2, 0) is 0 Å². The molecule has 0 aliphatic heterocycles. The van der Waals surface area contributed by atoms with Gasteiger partial charge in [-0.05, 0) is 43.9 Å². The number of aryl methyl sites for hydroxylation is 2. The Morgan fingerprint density at radius 1 is 1.29 bits per heavy atom. The van der Waals surface area contributed by atoms with Crippen LogP contribution in [0.5, 0.6) is 0 Å². The molecular weight excluding hydrogens is 170 g/mol. The minimum Gasteiger partial charge on any atom is -0.330 e. The van der Waals surface area contributed by atoms with Crippen LogP contribution in [0.15, 0.2) is 18.2 Å². The van der Waals surface area contributed by atoms with Crippen LogP contribution in [0.3, 0.4) is 0 Å². The Balaban J connectivity index is 2.96. The Bertz CT molecular complexity index is 291. The van der Waals surface area contributed by atoms with Crippen LogP contribution in [0, 0.1) is 13.8 Å². The van der Waals surface area contributed by atoms with Crippen molar-refractivity contribution in [1.29, 1.82) is 0 Å². The summed E-state index contributed by atoms with van der Waals surface area (Å²) in [5, 5.41) is 0. The maximum absolute atomic E-state index is 5.81. The van der Waals surface area contributed by atoms with E-state index in [1.807, 2.05) is 0 Å². The molecule has 1 aromatic rings. The average Bonchev–Trinajstić information content (AvgIpc) is 2.18. The molecule has 0 saturated carbocycles. The number of benzene rings is 1. The molecular formula is C13H21N. The van der Waals surface area contributed by atoms with Crippen molar-refractivity contribution in [1.82, 2.24) is 0 Å². The van der Waals surface area contributed by atoms with Crippen LogP contribution >= 0.6 is 0 Å². The highest BCUT2D eigenvalue weighted by atomic mass is 14.5. The van der Waals surface area contributed by atoms with Gasteiger partial charge in [-0.15, -0.1) is 0 Å². The fourth-order valence-electron chi connectivity index (χ4n) is 1.95. The molecule has 0 aliphatic carbocycles. The van der Waals surface area contributed by atoms with Gasteiger partial charge in [0.25, 0.3) is 0 Å². The van der Waals surface area contributed by atoms with Crippen LogP contribution in [0.1, 0.15) is 42.4 Å². The fourth-order valence-corrected chi connectivity index (χ4v) is 1.95. The van der Waals surface area contributed by atoms with E-state index in [4.69, 9.17) is 5.73 Å². The summed E-state index contributed by atoms with van der Waals surface area (Å²) in [7, 11) is 0. The van der Waals surface area contributed by atoms with Crippen molar-refractivity contribution in [3.63, 3.8) is 0 Å². The van der Waals surface area contributed by atoms with Crippen molar-refractivity contribution in [2.24, 2.45) is 5.73 Å². The lowest BCUT2D eigenvalue weighted by Crippen LogP contribution is -2.13. The second kappa shape index (κ2) is 5.16. The Morgan fingerprint density at radius 3 is 2.57 bits per heavy atom. The van der Waals surface area contributed by atoms with Crippen LogP contribution in [0.25, 0.3) is 0 Å². The highest BCUT2D eigenvalue weighted by Gasteiger charge is 2.10. The van der Waals surface area contributed by atoms with Crippen molar-refractivity contribution >= 4 is 0 Å². The molecule has 0 aliphatic rings. The molecule has 0 aromatic heterocycles. The van der Waals surface area contributed by atoms with E-state index in [-0.39, 0.29) is 0 Å². The monoisotopic (exact) mass is 191 g/mol. The SMILES string of the molecule is CCCC(CN)c1cc(C)ccc1C. The summed E-state index contributed by atoms with van der Waals surface area (Å²) < 4.78 is 0. The molecule has 14 heavy (non-hydrogen) atoms. The van der Waals surface area contributed by atoms with Crippen molar-refractivity contribution in [3.8, 4) is 0 Å². The number of hydrogen-bond donors (Lipinski definition) is 1. The smallest absolute Gasteiger partial charge is 0.000814 e. The maximum Gasteiger partial charge on any atom is -0.000814 e. The molecule has 1 rings (SSSR count). The quantitative estimate of drug-likeness (QED) is 0.777. The molecule has 0 amide bonds. The zero-order valence-electron chi connectivity index (χ0n) is 9.51. The molecule has 1 heteroatoms. The van der Waals surface area contributed by atoms with Gasteiger partial charge in [0.1, 0.15) is 0 Å². The zero-order valence-corrected chi connectivity index (χ0v) is 9.51. The third kappa shape index (κ3) is 2.58. The van der Waals surface area contributed by atoms with Gasteiger partial charge in [0, 0.05) is 0 Å². The van der Waals surface area contributed by atoms with Gasteiger partial charge in [0.15, 0.2) is 0 Å². The van der Waals surface area contributed by atoms with Crippen molar-refractivity contribution < 1.29 is 0 Å². The minimum absolute atomic E-state index is 0.542. The van der Waals surface area contributed by atoms with Crippen LogP contribution in [0.4, 0.5) is 0 Å². The normalized spacial score (nSPS) is 12.9. The molecule has 1 nitrogen and oxygen atoms in total. The largest absolute Gasteiger partial charge is 0.330 e. The van der Waals surface area contributed by atoms with Gasteiger partial charge in [0.05, 0.1) is 0 Å². The molecule has 0 radical (unpaired) electrons. The molecule has 0 fully saturated rings. The van der Waals surface area contributed by atoms with E-state index in [9.17, 15) is 0 Å². The molecule has 0 saturated heterocycles. The second-order valence-electron chi connectivity index (χ2n) is 4.08. The first-order valence-electron chi connectivity index (χ1n) is 5.46. The number of hydrogen-bond acceptors (Lipinski definition) is 1. The van der Waals surface area contributed by atoms with E-state index in [0.717, 1.165) is 6.54 Å². The summed E-state index contributed by atoms with van der Waals surface area (Å²) in [4.78, 5) is 0. The summed E-state index contributed by atoms with van der Waals surface area (Å²) in [5.41, 5.74) is 9.96. The summed E-state index contributed by atoms with van der Waals surface area (Å²) in [6.45, 7) is 7.29. The van der Waals surface area contributed by atoms with Crippen LogP contribution < -0.4 is 5.73 Å². The van der Waals surface area contributed by atoms with Crippen LogP contribution in [0.2, 0.25) is 0 Å². The first-order chi connectivity index (χ1) is 6.69. The van der Waals surface area contributed by atoms with Crippen molar-refractivity contribution in [3.05, 3.63) is 34.9 Å². The van der Waals surface area contributed by atoms with Gasteiger partial charge in [-0.1, -0.05) is 37.1 Å². The van der Waals surface area contributed by atoms with Gasteiger partial charge < -0.3 is 5.73 Å². The fraction of sp³-hybridized carbons (Fsp3) is 0.538. The van der Waals surface area contributed by atoms with Gasteiger partial charge in [-0.3, -0.25) is 0 Å². The number of nitrogens with two attached hydrogens (primary N) is 1. The first-order valence-corrected chi connectivity index (χ1v) is 5.46. The molecule has 1 atom stereocenters. The summed E-state index contributed by atoms with van der Waals surface area (Å²) in [5.74, 6) is 0.542. The van der Waals surface area contributed by atoms with Gasteiger partial charge >= 0.3 is 0 Å². The van der Waals surface area contributed by atoms with E-state index in [1.165, 1.54) is 29.5 Å². The second-order valence-corrected chi connectivity index (χ2v) is 4.08. The third-order valence-electron chi connectivity index (χ3n) is 2.80. The van der Waals surface area contributed by atoms with Crippen molar-refractivity contribution in [2.45, 2.75) is 39.5 Å². The predicted octanol–water partition coefficient (Wildman–Crippen LogP) is 3.15. The Kier molecular flexibility index (Phi) is 4.15. The first kappa shape index (κ1) is 11.3. The average molecular weight is 191 g/mol. The Morgan fingerprint density at radius 2 is 2.00 bits per heavy atom. The van der Waals surface area contributed by atoms with E-state index in [2.05, 4.69) is 39.0 Å². The molecule has 0 heterocycles. The van der Waals surface area contributed by atoms with Crippen LogP contribution in [-0.4, -0.2) is 6.54 Å². The molecule has 0 spiro atoms. The molecule has 0 bridgehead atoms. The summed E-state index contributed by atoms with van der Waals surface area (Å²) in [6.07, 6.45) is 2.40. The zero-order chi connectivity index (χ0) is 10.6. The molecule has 1 unspecified atom stereocenters. The van der Waals surface area contributed by atoms with Gasteiger partial charge in [0.2, 0.25) is 0 Å². The Hall–Kier alpha value is -0.820. The topological polar surface area (TPSA) is 26.0 Å². The third-order valence-corrected chi connectivity index (χ3v) is 2.80. The lowest BCUT2D eigenvalue weighted by Gasteiger charge is -2.17. The van der Waals surface area contributed by atoms with Gasteiger partial charge in [-0.25, -0.2) is 0 Å². The van der Waals surface area contributed by atoms with E-state index in [0.29, 0.717) is 5.92 Å². The highest BCUT2D eigenvalue weighted by Crippen LogP contribution is 2.24. The maximum atomic E-state index is 5.81. The predicted molar refractivity (Wildman–Crippen MR) is 62.6 cm³/mol. The lowest BCUT2D eigenvalue weighted by molar-refractivity contribution is 0.619. The van der Waals surface area contributed by atoms with E-state index in [1.54, 1.807) is 0 Å². The minimum atomic E-state index is 0.542. The molecule has 1 aromatic carbocycles. The van der Waals surface area contributed by atoms with E-state index >= 15 is 0 Å².